The number of aryl methyl sites for hydroxylation is 1. The number of imidazole rings is 1. The van der Waals surface area contributed by atoms with Crippen molar-refractivity contribution in [1.82, 2.24) is 9.97 Å². The zero-order valence-corrected chi connectivity index (χ0v) is 14.6. The molecule has 2 unspecified atom stereocenters. The molecular weight excluding hydrogens is 302 g/mol. The van der Waals surface area contributed by atoms with Crippen molar-refractivity contribution in [1.29, 1.82) is 0 Å². The predicted molar refractivity (Wildman–Crippen MR) is 92.5 cm³/mol. The summed E-state index contributed by atoms with van der Waals surface area (Å²) in [5.41, 5.74) is 4.98. The fraction of sp³-hybridized carbons (Fsp3) is 0.474. The molecule has 1 aliphatic carbocycles. The van der Waals surface area contributed by atoms with Gasteiger partial charge < -0.3 is 9.72 Å². The molecular formula is C19H23N3O2. The van der Waals surface area contributed by atoms with Gasteiger partial charge in [-0.25, -0.2) is 4.98 Å². The minimum atomic E-state index is -0.111. The molecule has 0 saturated heterocycles. The fourth-order valence-corrected chi connectivity index (χ4v) is 4.27. The van der Waals surface area contributed by atoms with Gasteiger partial charge in [0.1, 0.15) is 5.75 Å². The van der Waals surface area contributed by atoms with Gasteiger partial charge in [0.2, 0.25) is 11.9 Å². The first kappa shape index (κ1) is 15.2. The lowest BCUT2D eigenvalue weighted by Gasteiger charge is -2.08. The van der Waals surface area contributed by atoms with E-state index in [4.69, 9.17) is 4.74 Å². The summed E-state index contributed by atoms with van der Waals surface area (Å²) in [6, 6.07) is 6.38. The molecule has 2 heterocycles. The maximum absolute atomic E-state index is 11.3. The van der Waals surface area contributed by atoms with Gasteiger partial charge in [-0.2, -0.15) is 0 Å². The molecule has 4 rings (SSSR count). The highest BCUT2D eigenvalue weighted by atomic mass is 16.5. The number of carbonyl (C=O) groups excluding carboxylic acids is 1. The number of carbonyl (C=O) groups is 1. The smallest absolute Gasteiger partial charge is 0.223 e. The minimum Gasteiger partial charge on any atom is -0.493 e. The average Bonchev–Trinajstić information content (AvgIpc) is 2.86. The van der Waals surface area contributed by atoms with E-state index >= 15 is 0 Å². The highest BCUT2D eigenvalue weighted by Gasteiger charge is 2.61. The number of H-pyrrole nitrogens is 1. The van der Waals surface area contributed by atoms with E-state index in [1.54, 1.807) is 0 Å². The van der Waals surface area contributed by atoms with Gasteiger partial charge in [0.25, 0.3) is 0 Å². The predicted octanol–water partition coefficient (Wildman–Crippen LogP) is 3.52. The fourth-order valence-electron chi connectivity index (χ4n) is 4.27. The number of hydrogen-bond donors (Lipinski definition) is 2. The normalized spacial score (nSPS) is 23.5. The topological polar surface area (TPSA) is 67.0 Å². The second-order valence-corrected chi connectivity index (χ2v) is 7.48. The number of ether oxygens (including phenoxy) is 1. The molecule has 5 heteroatoms. The molecule has 2 N–H and O–H groups in total. The average molecular weight is 325 g/mol. The van der Waals surface area contributed by atoms with E-state index in [9.17, 15) is 4.79 Å². The van der Waals surface area contributed by atoms with Gasteiger partial charge in [0.05, 0.1) is 12.3 Å². The molecule has 24 heavy (non-hydrogen) atoms. The largest absolute Gasteiger partial charge is 0.493 e. The van der Waals surface area contributed by atoms with Crippen LogP contribution in [0.4, 0.5) is 5.95 Å². The van der Waals surface area contributed by atoms with Crippen molar-refractivity contribution in [3.05, 3.63) is 40.7 Å². The Kier molecular flexibility index (Phi) is 3.24. The SMILES string of the molecule is CC(=O)Nc1nc(C2C(c3cccc4c3CCO4)C2(C)C)c(C)[nH]1. The standard InChI is InChI=1S/C19H23N3O2/c1-10-17(22-18(20-10)21-11(2)23)16-15(19(16,3)4)13-6-5-7-14-12(13)8-9-24-14/h5-7,15-16H,8-9H2,1-4H3,(H2,20,21,22,23). The molecule has 1 aromatic carbocycles. The van der Waals surface area contributed by atoms with Crippen molar-refractivity contribution in [2.45, 2.75) is 46.0 Å². The number of fused-ring (bicyclic) bond motifs is 1. The van der Waals surface area contributed by atoms with Crippen LogP contribution in [0.2, 0.25) is 0 Å². The Hall–Kier alpha value is -2.30. The number of aromatic nitrogens is 2. The molecule has 1 amide bonds. The number of rotatable bonds is 3. The Morgan fingerprint density at radius 1 is 1.38 bits per heavy atom. The number of aromatic amines is 1. The molecule has 1 aliphatic heterocycles. The molecule has 2 atom stereocenters. The molecule has 0 spiro atoms. The quantitative estimate of drug-likeness (QED) is 0.907. The van der Waals surface area contributed by atoms with Gasteiger partial charge >= 0.3 is 0 Å². The summed E-state index contributed by atoms with van der Waals surface area (Å²) < 4.78 is 5.73. The van der Waals surface area contributed by atoms with Crippen molar-refractivity contribution in [3.63, 3.8) is 0 Å². The summed E-state index contributed by atoms with van der Waals surface area (Å²) in [6.45, 7) is 8.89. The number of anilines is 1. The Morgan fingerprint density at radius 2 is 2.17 bits per heavy atom. The summed E-state index contributed by atoms with van der Waals surface area (Å²) in [4.78, 5) is 19.1. The molecule has 5 nitrogen and oxygen atoms in total. The lowest BCUT2D eigenvalue weighted by molar-refractivity contribution is -0.114. The highest BCUT2D eigenvalue weighted by Crippen LogP contribution is 2.70. The summed E-state index contributed by atoms with van der Waals surface area (Å²) in [5, 5.41) is 2.75. The molecule has 2 aliphatic rings. The lowest BCUT2D eigenvalue weighted by Crippen LogP contribution is -2.07. The third-order valence-corrected chi connectivity index (χ3v) is 5.45. The maximum atomic E-state index is 11.3. The monoisotopic (exact) mass is 325 g/mol. The molecule has 1 saturated carbocycles. The van der Waals surface area contributed by atoms with Crippen LogP contribution in [0.1, 0.15) is 55.1 Å². The van der Waals surface area contributed by atoms with Crippen LogP contribution in [0.5, 0.6) is 5.75 Å². The second kappa shape index (κ2) is 5.10. The van der Waals surface area contributed by atoms with Gasteiger partial charge in [0, 0.05) is 30.5 Å². The maximum Gasteiger partial charge on any atom is 0.223 e. The molecule has 1 aromatic heterocycles. The van der Waals surface area contributed by atoms with E-state index in [1.165, 1.54) is 18.1 Å². The van der Waals surface area contributed by atoms with Crippen LogP contribution in [0.25, 0.3) is 0 Å². The third kappa shape index (κ3) is 2.22. The second-order valence-electron chi connectivity index (χ2n) is 7.48. The van der Waals surface area contributed by atoms with Crippen LogP contribution in [-0.4, -0.2) is 22.5 Å². The minimum absolute atomic E-state index is 0.111. The number of hydrogen-bond acceptors (Lipinski definition) is 3. The first-order chi connectivity index (χ1) is 11.4. The van der Waals surface area contributed by atoms with Crippen LogP contribution in [-0.2, 0) is 11.2 Å². The third-order valence-electron chi connectivity index (χ3n) is 5.45. The van der Waals surface area contributed by atoms with Crippen LogP contribution < -0.4 is 10.1 Å². The number of amides is 1. The van der Waals surface area contributed by atoms with Gasteiger partial charge in [-0.15, -0.1) is 0 Å². The zero-order valence-electron chi connectivity index (χ0n) is 14.6. The van der Waals surface area contributed by atoms with Gasteiger partial charge in [-0.1, -0.05) is 26.0 Å². The van der Waals surface area contributed by atoms with E-state index in [-0.39, 0.29) is 11.3 Å². The van der Waals surface area contributed by atoms with E-state index in [0.29, 0.717) is 17.8 Å². The Balaban J connectivity index is 1.70. The summed E-state index contributed by atoms with van der Waals surface area (Å²) >= 11 is 0. The van der Waals surface area contributed by atoms with Gasteiger partial charge in [0.15, 0.2) is 0 Å². The first-order valence-corrected chi connectivity index (χ1v) is 8.48. The summed E-state index contributed by atoms with van der Waals surface area (Å²) in [6.07, 6.45) is 0.988. The van der Waals surface area contributed by atoms with E-state index in [0.717, 1.165) is 30.2 Å². The van der Waals surface area contributed by atoms with Crippen LogP contribution in [0.3, 0.4) is 0 Å². The summed E-state index contributed by atoms with van der Waals surface area (Å²) in [5.74, 6) is 2.24. The summed E-state index contributed by atoms with van der Waals surface area (Å²) in [7, 11) is 0. The first-order valence-electron chi connectivity index (χ1n) is 8.48. The number of nitrogens with one attached hydrogen (secondary N) is 2. The Bertz CT molecular complexity index is 822. The van der Waals surface area contributed by atoms with E-state index in [2.05, 4.69) is 47.3 Å². The van der Waals surface area contributed by atoms with Crippen molar-refractivity contribution in [3.8, 4) is 5.75 Å². The molecule has 1 fully saturated rings. The molecule has 126 valence electrons. The van der Waals surface area contributed by atoms with Crippen LogP contribution in [0, 0.1) is 12.3 Å². The van der Waals surface area contributed by atoms with Crippen molar-refractivity contribution in [2.24, 2.45) is 5.41 Å². The van der Waals surface area contributed by atoms with Crippen LogP contribution >= 0.6 is 0 Å². The Morgan fingerprint density at radius 3 is 2.92 bits per heavy atom. The van der Waals surface area contributed by atoms with E-state index in [1.807, 2.05) is 6.92 Å². The van der Waals surface area contributed by atoms with Crippen LogP contribution in [0.15, 0.2) is 18.2 Å². The highest BCUT2D eigenvalue weighted by molar-refractivity contribution is 5.86. The number of nitrogens with zero attached hydrogens (tertiary/aromatic N) is 1. The van der Waals surface area contributed by atoms with Crippen molar-refractivity contribution in [2.75, 3.05) is 11.9 Å². The lowest BCUT2D eigenvalue weighted by atomic mass is 9.96. The Labute approximate surface area is 141 Å². The van der Waals surface area contributed by atoms with Crippen molar-refractivity contribution >= 4 is 11.9 Å². The van der Waals surface area contributed by atoms with E-state index < -0.39 is 0 Å². The molecule has 0 bridgehead atoms. The molecule has 0 radical (unpaired) electrons. The van der Waals surface area contributed by atoms with Gasteiger partial charge in [-0.3, -0.25) is 10.1 Å². The van der Waals surface area contributed by atoms with Crippen molar-refractivity contribution < 1.29 is 9.53 Å². The van der Waals surface area contributed by atoms with Gasteiger partial charge in [-0.05, 0) is 29.9 Å². The zero-order chi connectivity index (χ0) is 17.1. The molecule has 2 aromatic rings. The number of benzene rings is 1.